The van der Waals surface area contributed by atoms with E-state index in [1.54, 1.807) is 0 Å². The summed E-state index contributed by atoms with van der Waals surface area (Å²) < 4.78 is 5.29. The Morgan fingerprint density at radius 1 is 1.88 bits per heavy atom. The third kappa shape index (κ3) is 1.10. The molecule has 0 bridgehead atoms. The SMILES string of the molecule is C=C[C@H]1C[C@@H]1OCC. The van der Waals surface area contributed by atoms with E-state index in [1.165, 1.54) is 6.42 Å². The minimum Gasteiger partial charge on any atom is -0.378 e. The molecule has 0 amide bonds. The monoisotopic (exact) mass is 112 g/mol. The maximum Gasteiger partial charge on any atom is 0.0644 e. The van der Waals surface area contributed by atoms with Crippen molar-refractivity contribution in [2.75, 3.05) is 6.61 Å². The molecule has 46 valence electrons. The fraction of sp³-hybridized carbons (Fsp3) is 0.714. The van der Waals surface area contributed by atoms with Gasteiger partial charge in [-0.15, -0.1) is 6.58 Å². The summed E-state index contributed by atoms with van der Waals surface area (Å²) >= 11 is 0. The minimum absolute atomic E-state index is 0.512. The van der Waals surface area contributed by atoms with Gasteiger partial charge in [0.25, 0.3) is 0 Å². The second kappa shape index (κ2) is 2.31. The van der Waals surface area contributed by atoms with Gasteiger partial charge in [0.1, 0.15) is 0 Å². The van der Waals surface area contributed by atoms with Crippen LogP contribution in [0.2, 0.25) is 0 Å². The van der Waals surface area contributed by atoms with Crippen molar-refractivity contribution in [1.29, 1.82) is 0 Å². The standard InChI is InChI=1S/C7H12O/c1-3-6-5-7(6)8-4-2/h3,6-7H,1,4-5H2,2H3/t6-,7-/m0/s1. The van der Waals surface area contributed by atoms with Crippen LogP contribution in [0.1, 0.15) is 13.3 Å². The van der Waals surface area contributed by atoms with Gasteiger partial charge in [-0.3, -0.25) is 0 Å². The van der Waals surface area contributed by atoms with Crippen LogP contribution in [-0.2, 0) is 4.74 Å². The molecule has 1 rings (SSSR count). The van der Waals surface area contributed by atoms with E-state index in [0.717, 1.165) is 6.61 Å². The van der Waals surface area contributed by atoms with Crippen LogP contribution in [0.4, 0.5) is 0 Å². The molecule has 0 saturated heterocycles. The fourth-order valence-electron chi connectivity index (χ4n) is 0.843. The molecule has 0 aliphatic heterocycles. The second-order valence-electron chi connectivity index (χ2n) is 2.13. The topological polar surface area (TPSA) is 9.23 Å². The highest BCUT2D eigenvalue weighted by Crippen LogP contribution is 2.33. The molecular formula is C7H12O. The Bertz CT molecular complexity index is 88.4. The fourth-order valence-corrected chi connectivity index (χ4v) is 0.843. The Morgan fingerprint density at radius 2 is 2.62 bits per heavy atom. The predicted octanol–water partition coefficient (Wildman–Crippen LogP) is 1.60. The van der Waals surface area contributed by atoms with Crippen LogP contribution in [0, 0.1) is 5.92 Å². The molecule has 0 N–H and O–H groups in total. The molecule has 1 aliphatic carbocycles. The Labute approximate surface area is 50.3 Å². The van der Waals surface area contributed by atoms with Gasteiger partial charge in [-0.05, 0) is 13.3 Å². The van der Waals surface area contributed by atoms with Crippen LogP contribution in [0.5, 0.6) is 0 Å². The van der Waals surface area contributed by atoms with E-state index in [-0.39, 0.29) is 0 Å². The summed E-state index contributed by atoms with van der Waals surface area (Å²) in [6, 6.07) is 0. The summed E-state index contributed by atoms with van der Waals surface area (Å²) in [6.07, 6.45) is 3.68. The van der Waals surface area contributed by atoms with E-state index in [2.05, 4.69) is 6.58 Å². The molecule has 1 saturated carbocycles. The second-order valence-corrected chi connectivity index (χ2v) is 2.13. The first-order valence-corrected chi connectivity index (χ1v) is 3.12. The molecule has 0 aromatic carbocycles. The van der Waals surface area contributed by atoms with E-state index in [0.29, 0.717) is 12.0 Å². The van der Waals surface area contributed by atoms with Gasteiger partial charge >= 0.3 is 0 Å². The zero-order valence-electron chi connectivity index (χ0n) is 5.26. The summed E-state index contributed by atoms with van der Waals surface area (Å²) in [5, 5.41) is 0. The highest BCUT2D eigenvalue weighted by atomic mass is 16.5. The smallest absolute Gasteiger partial charge is 0.0644 e. The number of rotatable bonds is 3. The van der Waals surface area contributed by atoms with Crippen LogP contribution in [0.3, 0.4) is 0 Å². The van der Waals surface area contributed by atoms with Gasteiger partial charge in [0, 0.05) is 12.5 Å². The first-order valence-electron chi connectivity index (χ1n) is 3.12. The lowest BCUT2D eigenvalue weighted by atomic mass is 10.4. The quantitative estimate of drug-likeness (QED) is 0.504. The van der Waals surface area contributed by atoms with Gasteiger partial charge < -0.3 is 4.74 Å². The molecule has 0 aromatic rings. The van der Waals surface area contributed by atoms with Crippen LogP contribution in [-0.4, -0.2) is 12.7 Å². The first kappa shape index (κ1) is 5.83. The molecule has 2 atom stereocenters. The maximum atomic E-state index is 5.29. The molecule has 0 unspecified atom stereocenters. The average molecular weight is 112 g/mol. The minimum atomic E-state index is 0.512. The zero-order valence-corrected chi connectivity index (χ0v) is 5.26. The highest BCUT2D eigenvalue weighted by Gasteiger charge is 2.34. The summed E-state index contributed by atoms with van der Waals surface area (Å²) in [4.78, 5) is 0. The first-order chi connectivity index (χ1) is 3.88. The molecule has 0 heterocycles. The summed E-state index contributed by atoms with van der Waals surface area (Å²) in [5.74, 6) is 0.662. The van der Waals surface area contributed by atoms with Crippen molar-refractivity contribution in [3.8, 4) is 0 Å². The van der Waals surface area contributed by atoms with Gasteiger partial charge in [-0.1, -0.05) is 6.08 Å². The van der Waals surface area contributed by atoms with E-state index in [4.69, 9.17) is 4.74 Å². The third-order valence-electron chi connectivity index (χ3n) is 1.46. The van der Waals surface area contributed by atoms with Crippen molar-refractivity contribution in [2.45, 2.75) is 19.4 Å². The largest absolute Gasteiger partial charge is 0.378 e. The van der Waals surface area contributed by atoms with Gasteiger partial charge in [0.15, 0.2) is 0 Å². The number of hydrogen-bond donors (Lipinski definition) is 0. The van der Waals surface area contributed by atoms with Crippen LogP contribution < -0.4 is 0 Å². The lowest BCUT2D eigenvalue weighted by Gasteiger charge is -1.93. The summed E-state index contributed by atoms with van der Waals surface area (Å²) in [7, 11) is 0. The van der Waals surface area contributed by atoms with E-state index < -0.39 is 0 Å². The van der Waals surface area contributed by atoms with E-state index in [9.17, 15) is 0 Å². The lowest BCUT2D eigenvalue weighted by molar-refractivity contribution is 0.126. The van der Waals surface area contributed by atoms with E-state index in [1.807, 2.05) is 13.0 Å². The van der Waals surface area contributed by atoms with Crippen LogP contribution in [0.15, 0.2) is 12.7 Å². The Kier molecular flexibility index (Phi) is 1.69. The van der Waals surface area contributed by atoms with Gasteiger partial charge in [0.05, 0.1) is 6.10 Å². The van der Waals surface area contributed by atoms with Gasteiger partial charge in [-0.2, -0.15) is 0 Å². The van der Waals surface area contributed by atoms with Crippen molar-refractivity contribution in [2.24, 2.45) is 5.92 Å². The summed E-state index contributed by atoms with van der Waals surface area (Å²) in [6.45, 7) is 6.54. The summed E-state index contributed by atoms with van der Waals surface area (Å²) in [5.41, 5.74) is 0. The molecule has 1 fully saturated rings. The molecule has 1 nitrogen and oxygen atoms in total. The number of ether oxygens (including phenoxy) is 1. The number of hydrogen-bond acceptors (Lipinski definition) is 1. The van der Waals surface area contributed by atoms with Crippen LogP contribution >= 0.6 is 0 Å². The molecule has 8 heavy (non-hydrogen) atoms. The van der Waals surface area contributed by atoms with E-state index >= 15 is 0 Å². The third-order valence-corrected chi connectivity index (χ3v) is 1.46. The molecule has 0 radical (unpaired) electrons. The van der Waals surface area contributed by atoms with Gasteiger partial charge in [-0.25, -0.2) is 0 Å². The highest BCUT2D eigenvalue weighted by molar-refractivity contribution is 4.99. The van der Waals surface area contributed by atoms with Crippen molar-refractivity contribution in [3.63, 3.8) is 0 Å². The molecule has 0 spiro atoms. The Morgan fingerprint density at radius 3 is 3.00 bits per heavy atom. The predicted molar refractivity (Wildman–Crippen MR) is 33.7 cm³/mol. The lowest BCUT2D eigenvalue weighted by Crippen LogP contribution is -1.93. The van der Waals surface area contributed by atoms with Crippen molar-refractivity contribution in [1.82, 2.24) is 0 Å². The van der Waals surface area contributed by atoms with Gasteiger partial charge in [0.2, 0.25) is 0 Å². The molecule has 1 heteroatoms. The molecular weight excluding hydrogens is 100 g/mol. The van der Waals surface area contributed by atoms with Crippen molar-refractivity contribution < 1.29 is 4.74 Å². The normalized spacial score (nSPS) is 34.6. The average Bonchev–Trinajstić information content (AvgIpc) is 2.48. The molecule has 0 aromatic heterocycles. The zero-order chi connectivity index (χ0) is 5.98. The maximum absolute atomic E-state index is 5.29. The Hall–Kier alpha value is -0.300. The van der Waals surface area contributed by atoms with Crippen molar-refractivity contribution >= 4 is 0 Å². The van der Waals surface area contributed by atoms with Crippen molar-refractivity contribution in [3.05, 3.63) is 12.7 Å². The van der Waals surface area contributed by atoms with Crippen LogP contribution in [0.25, 0.3) is 0 Å². The molecule has 1 aliphatic rings. The Balaban J connectivity index is 2.07.